The molecule has 2 nitrogen and oxygen atoms in total. The Morgan fingerprint density at radius 2 is 1.91 bits per heavy atom. The van der Waals surface area contributed by atoms with Crippen LogP contribution in [0.2, 0.25) is 0 Å². The zero-order valence-electron chi connectivity index (χ0n) is 13.7. The van der Waals surface area contributed by atoms with Crippen molar-refractivity contribution in [2.24, 2.45) is 11.8 Å². The maximum atomic E-state index is 14.0. The van der Waals surface area contributed by atoms with E-state index in [1.807, 2.05) is 13.0 Å². The molecule has 1 fully saturated rings. The highest BCUT2D eigenvalue weighted by Crippen LogP contribution is 2.39. The Balaban J connectivity index is 1.67. The Labute approximate surface area is 133 Å². The number of benzene rings is 1. The highest BCUT2D eigenvalue weighted by atomic mass is 19.1. The molecule has 0 saturated heterocycles. The van der Waals surface area contributed by atoms with Gasteiger partial charge in [-0.05, 0) is 56.1 Å². The third-order valence-corrected chi connectivity index (χ3v) is 5.39. The van der Waals surface area contributed by atoms with Crippen molar-refractivity contribution in [2.75, 3.05) is 6.61 Å². The lowest BCUT2D eigenvalue weighted by Crippen LogP contribution is -2.33. The normalized spacial score (nSPS) is 27.9. The van der Waals surface area contributed by atoms with Crippen molar-refractivity contribution in [3.63, 3.8) is 0 Å². The van der Waals surface area contributed by atoms with Crippen molar-refractivity contribution in [1.29, 1.82) is 0 Å². The summed E-state index contributed by atoms with van der Waals surface area (Å²) in [6, 6.07) is 3.34. The molecule has 122 valence electrons. The molecule has 0 amide bonds. The predicted octanol–water partition coefficient (Wildman–Crippen LogP) is 5.13. The monoisotopic (exact) mass is 306 g/mol. The lowest BCUT2D eigenvalue weighted by Gasteiger charge is -2.36. The van der Waals surface area contributed by atoms with Crippen LogP contribution in [0.3, 0.4) is 0 Å². The Hall–Kier alpha value is -1.25. The molecule has 1 aliphatic carbocycles. The van der Waals surface area contributed by atoms with Crippen molar-refractivity contribution in [2.45, 2.75) is 64.9 Å². The SMILES string of the molecule is CCOc1cc2c(cc1F)OC(C1CCC(CC)CC1)CC2. The maximum absolute atomic E-state index is 14.0. The van der Waals surface area contributed by atoms with E-state index in [1.165, 1.54) is 38.2 Å². The summed E-state index contributed by atoms with van der Waals surface area (Å²) in [4.78, 5) is 0. The number of aryl methyl sites for hydroxylation is 1. The molecule has 0 aromatic heterocycles. The fraction of sp³-hybridized carbons (Fsp3) is 0.684. The van der Waals surface area contributed by atoms with E-state index in [0.29, 0.717) is 18.3 Å². The van der Waals surface area contributed by atoms with Crippen LogP contribution >= 0.6 is 0 Å². The molecule has 0 spiro atoms. The first-order chi connectivity index (χ1) is 10.7. The zero-order chi connectivity index (χ0) is 15.5. The molecule has 1 aromatic carbocycles. The first-order valence-electron chi connectivity index (χ1n) is 8.83. The molecule has 1 heterocycles. The second-order valence-corrected chi connectivity index (χ2v) is 6.71. The summed E-state index contributed by atoms with van der Waals surface area (Å²) in [5, 5.41) is 0. The van der Waals surface area contributed by atoms with Crippen LogP contribution in [0.15, 0.2) is 12.1 Å². The standard InChI is InChI=1S/C19H27FO2/c1-3-13-5-7-14(8-6-13)17-10-9-15-11-19(21-4-2)16(20)12-18(15)22-17/h11-14,17H,3-10H2,1-2H3. The fourth-order valence-corrected chi connectivity index (χ4v) is 3.97. The van der Waals surface area contributed by atoms with Crippen molar-refractivity contribution in [1.82, 2.24) is 0 Å². The van der Waals surface area contributed by atoms with E-state index >= 15 is 0 Å². The van der Waals surface area contributed by atoms with Gasteiger partial charge in [0.25, 0.3) is 0 Å². The predicted molar refractivity (Wildman–Crippen MR) is 86.0 cm³/mol. The average Bonchev–Trinajstić information content (AvgIpc) is 2.55. The maximum Gasteiger partial charge on any atom is 0.168 e. The zero-order valence-corrected chi connectivity index (χ0v) is 13.7. The molecule has 3 heteroatoms. The third-order valence-electron chi connectivity index (χ3n) is 5.39. The van der Waals surface area contributed by atoms with Crippen molar-refractivity contribution < 1.29 is 13.9 Å². The molecular weight excluding hydrogens is 279 g/mol. The molecule has 2 aliphatic rings. The van der Waals surface area contributed by atoms with Gasteiger partial charge in [0.1, 0.15) is 11.9 Å². The second-order valence-electron chi connectivity index (χ2n) is 6.71. The summed E-state index contributed by atoms with van der Waals surface area (Å²) in [5.74, 6) is 2.32. The number of ether oxygens (including phenoxy) is 2. The topological polar surface area (TPSA) is 18.5 Å². The third kappa shape index (κ3) is 3.23. The minimum atomic E-state index is -0.309. The molecule has 22 heavy (non-hydrogen) atoms. The van der Waals surface area contributed by atoms with Gasteiger partial charge >= 0.3 is 0 Å². The Morgan fingerprint density at radius 1 is 1.14 bits per heavy atom. The number of hydrogen-bond donors (Lipinski definition) is 0. The van der Waals surface area contributed by atoms with Crippen molar-refractivity contribution in [3.8, 4) is 11.5 Å². The number of rotatable bonds is 4. The van der Waals surface area contributed by atoms with Crippen LogP contribution in [0.4, 0.5) is 4.39 Å². The smallest absolute Gasteiger partial charge is 0.168 e. The van der Waals surface area contributed by atoms with Crippen LogP contribution < -0.4 is 9.47 Å². The van der Waals surface area contributed by atoms with Gasteiger partial charge in [-0.25, -0.2) is 4.39 Å². The number of hydrogen-bond acceptors (Lipinski definition) is 2. The first-order valence-corrected chi connectivity index (χ1v) is 8.83. The van der Waals surface area contributed by atoms with Gasteiger partial charge in [0, 0.05) is 6.07 Å². The molecule has 1 unspecified atom stereocenters. The number of fused-ring (bicyclic) bond motifs is 1. The average molecular weight is 306 g/mol. The van der Waals surface area contributed by atoms with Gasteiger partial charge in [-0.2, -0.15) is 0 Å². The summed E-state index contributed by atoms with van der Waals surface area (Å²) >= 11 is 0. The molecule has 1 atom stereocenters. The first kappa shape index (κ1) is 15.6. The molecule has 0 bridgehead atoms. The van der Waals surface area contributed by atoms with Crippen LogP contribution in [0.25, 0.3) is 0 Å². The van der Waals surface area contributed by atoms with Gasteiger partial charge in [-0.1, -0.05) is 26.2 Å². The van der Waals surface area contributed by atoms with Crippen LogP contribution in [0, 0.1) is 17.7 Å². The van der Waals surface area contributed by atoms with Crippen LogP contribution in [-0.2, 0) is 6.42 Å². The molecule has 0 N–H and O–H groups in total. The van der Waals surface area contributed by atoms with Gasteiger partial charge in [0.2, 0.25) is 0 Å². The van der Waals surface area contributed by atoms with Gasteiger partial charge in [0.15, 0.2) is 11.6 Å². The van der Waals surface area contributed by atoms with E-state index in [4.69, 9.17) is 9.47 Å². The highest BCUT2D eigenvalue weighted by molar-refractivity contribution is 5.42. The van der Waals surface area contributed by atoms with E-state index in [1.54, 1.807) is 0 Å². The molecule has 0 radical (unpaired) electrons. The Bertz CT molecular complexity index is 506. The molecule has 1 aromatic rings. The van der Waals surface area contributed by atoms with Crippen LogP contribution in [0.1, 0.15) is 57.9 Å². The summed E-state index contributed by atoms with van der Waals surface area (Å²) < 4.78 is 25.5. The summed E-state index contributed by atoms with van der Waals surface area (Å²) in [6.07, 6.45) is 8.75. The summed E-state index contributed by atoms with van der Waals surface area (Å²) in [6.45, 7) is 4.65. The van der Waals surface area contributed by atoms with E-state index in [2.05, 4.69) is 6.92 Å². The minimum Gasteiger partial charge on any atom is -0.491 e. The van der Waals surface area contributed by atoms with Crippen molar-refractivity contribution in [3.05, 3.63) is 23.5 Å². The molecular formula is C19H27FO2. The van der Waals surface area contributed by atoms with Crippen LogP contribution in [-0.4, -0.2) is 12.7 Å². The lowest BCUT2D eigenvalue weighted by molar-refractivity contribution is 0.0759. The van der Waals surface area contributed by atoms with Crippen molar-refractivity contribution >= 4 is 0 Å². The quantitative estimate of drug-likeness (QED) is 0.767. The number of halogens is 1. The van der Waals surface area contributed by atoms with Crippen LogP contribution in [0.5, 0.6) is 11.5 Å². The van der Waals surface area contributed by atoms with Gasteiger partial charge in [0.05, 0.1) is 6.61 Å². The Kier molecular flexibility index (Phi) is 4.90. The van der Waals surface area contributed by atoms with Gasteiger partial charge in [-0.3, -0.25) is 0 Å². The Morgan fingerprint density at radius 3 is 2.59 bits per heavy atom. The summed E-state index contributed by atoms with van der Waals surface area (Å²) in [5.41, 5.74) is 1.09. The van der Waals surface area contributed by atoms with E-state index in [9.17, 15) is 4.39 Å². The minimum absolute atomic E-state index is 0.266. The van der Waals surface area contributed by atoms with Gasteiger partial charge in [-0.15, -0.1) is 0 Å². The summed E-state index contributed by atoms with van der Waals surface area (Å²) in [7, 11) is 0. The fourth-order valence-electron chi connectivity index (χ4n) is 3.97. The molecule has 1 saturated carbocycles. The lowest BCUT2D eigenvalue weighted by atomic mass is 9.77. The van der Waals surface area contributed by atoms with E-state index < -0.39 is 0 Å². The van der Waals surface area contributed by atoms with E-state index in [-0.39, 0.29) is 11.9 Å². The van der Waals surface area contributed by atoms with E-state index in [0.717, 1.165) is 30.1 Å². The largest absolute Gasteiger partial charge is 0.491 e. The molecule has 3 rings (SSSR count). The second kappa shape index (κ2) is 6.89. The highest BCUT2D eigenvalue weighted by Gasteiger charge is 2.31. The van der Waals surface area contributed by atoms with Gasteiger partial charge < -0.3 is 9.47 Å². The molecule has 1 aliphatic heterocycles.